The Hall–Kier alpha value is -2.89. The number of cyclic esters (lactones) is 1. The van der Waals surface area contributed by atoms with Crippen molar-refractivity contribution >= 4 is 5.97 Å². The lowest BCUT2D eigenvalue weighted by molar-refractivity contribution is 0.0450. The van der Waals surface area contributed by atoms with Crippen molar-refractivity contribution in [1.82, 2.24) is 0 Å². The molecule has 0 saturated carbocycles. The minimum Gasteiger partial charge on any atom is -0.497 e. The molecule has 1 heterocycles. The Morgan fingerprint density at radius 2 is 1.54 bits per heavy atom. The number of carbonyl (C=O) groups is 1. The molecular weight excluding hydrogens is 312 g/mol. The van der Waals surface area contributed by atoms with Crippen LogP contribution < -0.4 is 18.9 Å². The number of rotatable bonds is 5. The summed E-state index contributed by atoms with van der Waals surface area (Å²) in [5, 5.41) is 0. The van der Waals surface area contributed by atoms with Gasteiger partial charge in [-0.2, -0.15) is 0 Å². The third-order valence-corrected chi connectivity index (χ3v) is 4.00. The molecule has 6 nitrogen and oxygen atoms in total. The predicted octanol–water partition coefficient (Wildman–Crippen LogP) is 2.98. The SMILES string of the molecule is COc1cc(OC)c2c(c1)C(=O)OC2c1cc(OC)ccc1OC. The Bertz CT molecular complexity index is 783. The van der Waals surface area contributed by atoms with E-state index in [1.54, 1.807) is 44.6 Å². The van der Waals surface area contributed by atoms with E-state index in [1.807, 2.05) is 0 Å². The average molecular weight is 330 g/mol. The number of methoxy groups -OCH3 is 4. The van der Waals surface area contributed by atoms with Crippen LogP contribution in [0.1, 0.15) is 27.6 Å². The number of esters is 1. The van der Waals surface area contributed by atoms with E-state index in [1.165, 1.54) is 14.2 Å². The monoisotopic (exact) mass is 330 g/mol. The second kappa shape index (κ2) is 6.31. The lowest BCUT2D eigenvalue weighted by Crippen LogP contribution is -2.05. The van der Waals surface area contributed by atoms with Gasteiger partial charge in [-0.15, -0.1) is 0 Å². The van der Waals surface area contributed by atoms with E-state index < -0.39 is 12.1 Å². The molecule has 1 atom stereocenters. The molecule has 1 aliphatic rings. The molecule has 0 saturated heterocycles. The number of ether oxygens (including phenoxy) is 5. The standard InChI is InChI=1S/C18H18O6/c1-20-10-5-6-14(22-3)12(7-10)17-16-13(18(19)24-17)8-11(21-2)9-15(16)23-4/h5-9,17H,1-4H3. The molecule has 0 bridgehead atoms. The summed E-state index contributed by atoms with van der Waals surface area (Å²) in [6.07, 6.45) is -0.640. The molecule has 0 fully saturated rings. The van der Waals surface area contributed by atoms with Gasteiger partial charge in [0.25, 0.3) is 0 Å². The van der Waals surface area contributed by atoms with Crippen molar-refractivity contribution < 1.29 is 28.5 Å². The van der Waals surface area contributed by atoms with Gasteiger partial charge in [0, 0.05) is 11.6 Å². The molecule has 0 amide bonds. The maximum absolute atomic E-state index is 12.3. The second-order valence-electron chi connectivity index (χ2n) is 5.18. The van der Waals surface area contributed by atoms with E-state index in [2.05, 4.69) is 0 Å². The summed E-state index contributed by atoms with van der Waals surface area (Å²) in [6.45, 7) is 0. The molecule has 0 aromatic heterocycles. The van der Waals surface area contributed by atoms with Crippen LogP contribution in [0.25, 0.3) is 0 Å². The molecule has 6 heteroatoms. The third kappa shape index (κ3) is 2.50. The van der Waals surface area contributed by atoms with Crippen molar-refractivity contribution in [3.63, 3.8) is 0 Å². The quantitative estimate of drug-likeness (QED) is 0.786. The lowest BCUT2D eigenvalue weighted by Gasteiger charge is -2.18. The number of benzene rings is 2. The minimum absolute atomic E-state index is 0.418. The van der Waals surface area contributed by atoms with E-state index >= 15 is 0 Å². The van der Waals surface area contributed by atoms with Crippen LogP contribution >= 0.6 is 0 Å². The highest BCUT2D eigenvalue weighted by atomic mass is 16.6. The fraction of sp³-hybridized carbons (Fsp3) is 0.278. The first kappa shape index (κ1) is 16.0. The fourth-order valence-electron chi connectivity index (χ4n) is 2.82. The zero-order valence-electron chi connectivity index (χ0n) is 13.9. The molecule has 0 aliphatic carbocycles. The molecule has 2 aromatic carbocycles. The van der Waals surface area contributed by atoms with Gasteiger partial charge >= 0.3 is 5.97 Å². The molecule has 0 spiro atoms. The zero-order chi connectivity index (χ0) is 17.3. The van der Waals surface area contributed by atoms with E-state index in [4.69, 9.17) is 23.7 Å². The Morgan fingerprint density at radius 3 is 2.17 bits per heavy atom. The van der Waals surface area contributed by atoms with Gasteiger partial charge in [-0.1, -0.05) is 0 Å². The molecule has 0 N–H and O–H groups in total. The normalized spacial score (nSPS) is 15.5. The second-order valence-corrected chi connectivity index (χ2v) is 5.18. The Labute approximate surface area is 139 Å². The van der Waals surface area contributed by atoms with Gasteiger partial charge in [-0.25, -0.2) is 4.79 Å². The molecule has 126 valence electrons. The molecule has 0 radical (unpaired) electrons. The minimum atomic E-state index is -0.640. The molecule has 24 heavy (non-hydrogen) atoms. The van der Waals surface area contributed by atoms with Gasteiger partial charge in [-0.05, 0) is 24.3 Å². The van der Waals surface area contributed by atoms with Crippen LogP contribution in [0, 0.1) is 0 Å². The first-order chi connectivity index (χ1) is 11.6. The summed E-state index contributed by atoms with van der Waals surface area (Å²) in [5.74, 6) is 1.85. The largest absolute Gasteiger partial charge is 0.497 e. The third-order valence-electron chi connectivity index (χ3n) is 4.00. The van der Waals surface area contributed by atoms with Crippen LogP contribution in [0.15, 0.2) is 30.3 Å². The van der Waals surface area contributed by atoms with Crippen molar-refractivity contribution in [2.45, 2.75) is 6.10 Å². The number of hydrogen-bond acceptors (Lipinski definition) is 6. The van der Waals surface area contributed by atoms with Crippen molar-refractivity contribution in [2.24, 2.45) is 0 Å². The van der Waals surface area contributed by atoms with Gasteiger partial charge < -0.3 is 23.7 Å². The highest BCUT2D eigenvalue weighted by molar-refractivity contribution is 5.96. The van der Waals surface area contributed by atoms with Gasteiger partial charge in [0.15, 0.2) is 6.10 Å². The molecular formula is C18H18O6. The van der Waals surface area contributed by atoms with E-state index in [0.29, 0.717) is 39.7 Å². The summed E-state index contributed by atoms with van der Waals surface area (Å²) in [5.41, 5.74) is 1.75. The maximum Gasteiger partial charge on any atom is 0.339 e. The Balaban J connectivity index is 2.19. The van der Waals surface area contributed by atoms with Gasteiger partial charge in [0.2, 0.25) is 0 Å². The first-order valence-corrected chi connectivity index (χ1v) is 7.31. The fourth-order valence-corrected chi connectivity index (χ4v) is 2.82. The van der Waals surface area contributed by atoms with Crippen molar-refractivity contribution in [2.75, 3.05) is 28.4 Å². The van der Waals surface area contributed by atoms with Crippen LogP contribution in [0.5, 0.6) is 23.0 Å². The van der Waals surface area contributed by atoms with Crippen molar-refractivity contribution in [3.05, 3.63) is 47.0 Å². The first-order valence-electron chi connectivity index (χ1n) is 7.31. The molecule has 3 rings (SSSR count). The summed E-state index contributed by atoms with van der Waals surface area (Å²) >= 11 is 0. The van der Waals surface area contributed by atoms with Crippen LogP contribution in [0.2, 0.25) is 0 Å². The van der Waals surface area contributed by atoms with Gasteiger partial charge in [-0.3, -0.25) is 0 Å². The highest BCUT2D eigenvalue weighted by Crippen LogP contribution is 2.46. The Kier molecular flexibility index (Phi) is 4.20. The maximum atomic E-state index is 12.3. The van der Waals surface area contributed by atoms with E-state index in [9.17, 15) is 4.79 Å². The summed E-state index contributed by atoms with van der Waals surface area (Å²) in [7, 11) is 6.21. The van der Waals surface area contributed by atoms with Crippen molar-refractivity contribution in [1.29, 1.82) is 0 Å². The molecule has 2 aromatic rings. The van der Waals surface area contributed by atoms with E-state index in [-0.39, 0.29) is 0 Å². The smallest absolute Gasteiger partial charge is 0.339 e. The van der Waals surface area contributed by atoms with Crippen LogP contribution in [-0.4, -0.2) is 34.4 Å². The average Bonchev–Trinajstić information content (AvgIpc) is 2.97. The molecule has 1 aliphatic heterocycles. The topological polar surface area (TPSA) is 63.2 Å². The van der Waals surface area contributed by atoms with E-state index in [0.717, 1.165) is 0 Å². The van der Waals surface area contributed by atoms with Gasteiger partial charge in [0.05, 0.1) is 39.6 Å². The molecule has 1 unspecified atom stereocenters. The number of hydrogen-bond donors (Lipinski definition) is 0. The highest BCUT2D eigenvalue weighted by Gasteiger charge is 2.37. The van der Waals surface area contributed by atoms with Crippen LogP contribution in [-0.2, 0) is 4.74 Å². The van der Waals surface area contributed by atoms with Gasteiger partial charge in [0.1, 0.15) is 23.0 Å². The number of carbonyl (C=O) groups excluding carboxylic acids is 1. The number of fused-ring (bicyclic) bond motifs is 1. The summed E-state index contributed by atoms with van der Waals surface area (Å²) < 4.78 is 26.9. The van der Waals surface area contributed by atoms with Crippen molar-refractivity contribution in [3.8, 4) is 23.0 Å². The zero-order valence-corrected chi connectivity index (χ0v) is 13.9. The van der Waals surface area contributed by atoms with Crippen LogP contribution in [0.3, 0.4) is 0 Å². The summed E-state index contributed by atoms with van der Waals surface area (Å²) in [6, 6.07) is 8.71. The lowest BCUT2D eigenvalue weighted by atomic mass is 9.97. The Morgan fingerprint density at radius 1 is 0.833 bits per heavy atom. The predicted molar refractivity (Wildman–Crippen MR) is 86.4 cm³/mol. The van der Waals surface area contributed by atoms with Crippen LogP contribution in [0.4, 0.5) is 0 Å². The summed E-state index contributed by atoms with van der Waals surface area (Å²) in [4.78, 5) is 12.3.